The maximum Gasteiger partial charge on any atom is 0.389 e. The zero-order valence-electron chi connectivity index (χ0n) is 13.5. The fourth-order valence-corrected chi connectivity index (χ4v) is 3.60. The van der Waals surface area contributed by atoms with Crippen molar-refractivity contribution in [1.29, 1.82) is 0 Å². The van der Waals surface area contributed by atoms with Gasteiger partial charge in [0.2, 0.25) is 0 Å². The highest BCUT2D eigenvalue weighted by atomic mass is 19.4. The van der Waals surface area contributed by atoms with Gasteiger partial charge in [0.1, 0.15) is 0 Å². The summed E-state index contributed by atoms with van der Waals surface area (Å²) in [5, 5.41) is 3.69. The summed E-state index contributed by atoms with van der Waals surface area (Å²) in [5.74, 6) is 1.29. The molecule has 2 rings (SSSR count). The van der Waals surface area contributed by atoms with Crippen molar-refractivity contribution in [3.63, 3.8) is 0 Å². The Kier molecular flexibility index (Phi) is 5.24. The van der Waals surface area contributed by atoms with E-state index in [2.05, 4.69) is 31.0 Å². The second kappa shape index (κ2) is 6.45. The molecule has 5 heteroatoms. The number of hydrogen-bond donors (Lipinski definition) is 1. The molecule has 0 aromatic carbocycles. The van der Waals surface area contributed by atoms with Gasteiger partial charge < -0.3 is 5.32 Å². The first-order valence-electron chi connectivity index (χ1n) is 8.25. The van der Waals surface area contributed by atoms with Crippen LogP contribution in [0.3, 0.4) is 0 Å². The van der Waals surface area contributed by atoms with Crippen molar-refractivity contribution >= 4 is 0 Å². The van der Waals surface area contributed by atoms with Crippen LogP contribution in [0, 0.1) is 11.8 Å². The average molecular weight is 306 g/mol. The van der Waals surface area contributed by atoms with Crippen LogP contribution in [0.25, 0.3) is 0 Å². The maximum atomic E-state index is 12.4. The molecule has 1 N–H and O–H groups in total. The second-order valence-corrected chi connectivity index (χ2v) is 7.55. The van der Waals surface area contributed by atoms with Gasteiger partial charge in [0.05, 0.1) is 0 Å². The minimum Gasteiger partial charge on any atom is -0.308 e. The lowest BCUT2D eigenvalue weighted by Gasteiger charge is -2.47. The monoisotopic (exact) mass is 306 g/mol. The zero-order chi connectivity index (χ0) is 15.7. The van der Waals surface area contributed by atoms with Crippen LogP contribution in [0.2, 0.25) is 0 Å². The van der Waals surface area contributed by atoms with Gasteiger partial charge in [-0.25, -0.2) is 0 Å². The van der Waals surface area contributed by atoms with Gasteiger partial charge in [-0.3, -0.25) is 4.90 Å². The van der Waals surface area contributed by atoms with E-state index in [1.165, 1.54) is 12.8 Å². The molecule has 124 valence electrons. The summed E-state index contributed by atoms with van der Waals surface area (Å²) in [7, 11) is 0. The molecule has 0 aromatic rings. The van der Waals surface area contributed by atoms with Crippen LogP contribution in [0.5, 0.6) is 0 Å². The topological polar surface area (TPSA) is 15.3 Å². The molecule has 2 unspecified atom stereocenters. The molecule has 1 saturated heterocycles. The first-order chi connectivity index (χ1) is 9.70. The fraction of sp³-hybridized carbons (Fsp3) is 1.00. The quantitative estimate of drug-likeness (QED) is 0.802. The summed E-state index contributed by atoms with van der Waals surface area (Å²) < 4.78 is 37.1. The van der Waals surface area contributed by atoms with Gasteiger partial charge in [-0.05, 0) is 51.0 Å². The van der Waals surface area contributed by atoms with E-state index in [0.717, 1.165) is 19.5 Å². The standard InChI is InChI=1S/C16H29F3N2/c1-12(2)9-14-10-20-15(3,13-5-6-13)11-21(14)8-4-7-16(17,18)19/h12-14,20H,4-11H2,1-3H3. The minimum absolute atomic E-state index is 0.103. The molecule has 2 aliphatic rings. The van der Waals surface area contributed by atoms with Gasteiger partial charge in [-0.15, -0.1) is 0 Å². The molecule has 0 amide bonds. The molecule has 1 aliphatic carbocycles. The molecule has 2 fully saturated rings. The van der Waals surface area contributed by atoms with E-state index in [4.69, 9.17) is 0 Å². The maximum absolute atomic E-state index is 12.4. The minimum atomic E-state index is -4.03. The lowest BCUT2D eigenvalue weighted by molar-refractivity contribution is -0.136. The lowest BCUT2D eigenvalue weighted by atomic mass is 9.88. The van der Waals surface area contributed by atoms with E-state index in [9.17, 15) is 13.2 Å². The summed E-state index contributed by atoms with van der Waals surface area (Å²) in [6.07, 6.45) is -0.894. The first kappa shape index (κ1) is 17.1. The Morgan fingerprint density at radius 3 is 2.48 bits per heavy atom. The third kappa shape index (κ3) is 5.13. The Morgan fingerprint density at radius 2 is 1.95 bits per heavy atom. The van der Waals surface area contributed by atoms with Crippen molar-refractivity contribution in [3.8, 4) is 0 Å². The summed E-state index contributed by atoms with van der Waals surface area (Å²) in [6.45, 7) is 8.99. The van der Waals surface area contributed by atoms with Crippen molar-refractivity contribution in [2.45, 2.75) is 70.6 Å². The van der Waals surface area contributed by atoms with Crippen LogP contribution in [0.4, 0.5) is 13.2 Å². The Bertz CT molecular complexity index is 339. The van der Waals surface area contributed by atoms with E-state index in [1.54, 1.807) is 0 Å². The van der Waals surface area contributed by atoms with Gasteiger partial charge >= 0.3 is 6.18 Å². The normalized spacial score (nSPS) is 31.9. The number of nitrogens with zero attached hydrogens (tertiary/aromatic N) is 1. The average Bonchev–Trinajstić information content (AvgIpc) is 3.15. The fourth-order valence-electron chi connectivity index (χ4n) is 3.60. The van der Waals surface area contributed by atoms with Crippen molar-refractivity contribution < 1.29 is 13.2 Å². The van der Waals surface area contributed by atoms with Crippen LogP contribution in [0.1, 0.15) is 52.9 Å². The first-order valence-corrected chi connectivity index (χ1v) is 8.25. The van der Waals surface area contributed by atoms with E-state index in [-0.39, 0.29) is 12.0 Å². The van der Waals surface area contributed by atoms with Gasteiger partial charge in [0, 0.05) is 31.1 Å². The summed E-state index contributed by atoms with van der Waals surface area (Å²) >= 11 is 0. The molecular formula is C16H29F3N2. The number of halogens is 3. The van der Waals surface area contributed by atoms with Gasteiger partial charge in [-0.1, -0.05) is 13.8 Å². The third-order valence-electron chi connectivity index (χ3n) is 4.92. The smallest absolute Gasteiger partial charge is 0.308 e. The summed E-state index contributed by atoms with van der Waals surface area (Å²) in [5.41, 5.74) is 0.103. The molecule has 1 saturated carbocycles. The molecule has 1 heterocycles. The van der Waals surface area contributed by atoms with Crippen LogP contribution in [0.15, 0.2) is 0 Å². The molecule has 2 atom stereocenters. The molecule has 21 heavy (non-hydrogen) atoms. The van der Waals surface area contributed by atoms with Crippen LogP contribution in [-0.2, 0) is 0 Å². The highest BCUT2D eigenvalue weighted by Gasteiger charge is 2.45. The lowest BCUT2D eigenvalue weighted by Crippen LogP contribution is -2.64. The van der Waals surface area contributed by atoms with E-state index in [1.807, 2.05) is 0 Å². The second-order valence-electron chi connectivity index (χ2n) is 7.55. The largest absolute Gasteiger partial charge is 0.389 e. The Balaban J connectivity index is 1.92. The highest BCUT2D eigenvalue weighted by Crippen LogP contribution is 2.41. The van der Waals surface area contributed by atoms with Gasteiger partial charge in [-0.2, -0.15) is 13.2 Å². The van der Waals surface area contributed by atoms with Crippen LogP contribution < -0.4 is 5.32 Å². The predicted molar refractivity (Wildman–Crippen MR) is 79.2 cm³/mol. The van der Waals surface area contributed by atoms with Crippen molar-refractivity contribution in [3.05, 3.63) is 0 Å². The number of piperazine rings is 1. The Hall–Kier alpha value is -0.290. The van der Waals surface area contributed by atoms with Gasteiger partial charge in [0.15, 0.2) is 0 Å². The molecular weight excluding hydrogens is 277 g/mol. The SMILES string of the molecule is CC(C)CC1CNC(C)(C2CC2)CN1CCCC(F)(F)F. The summed E-state index contributed by atoms with van der Waals surface area (Å²) in [4.78, 5) is 2.32. The predicted octanol–water partition coefficient (Wildman–Crippen LogP) is 3.82. The van der Waals surface area contributed by atoms with Gasteiger partial charge in [0.25, 0.3) is 0 Å². The summed E-state index contributed by atoms with van der Waals surface area (Å²) in [6, 6.07) is 0.380. The molecule has 2 nitrogen and oxygen atoms in total. The third-order valence-corrected chi connectivity index (χ3v) is 4.92. The molecule has 0 aromatic heterocycles. The Labute approximate surface area is 126 Å². The van der Waals surface area contributed by atoms with Crippen molar-refractivity contribution in [2.24, 2.45) is 11.8 Å². The van der Waals surface area contributed by atoms with Crippen molar-refractivity contribution in [2.75, 3.05) is 19.6 Å². The molecule has 0 spiro atoms. The molecule has 1 aliphatic heterocycles. The van der Waals surface area contributed by atoms with Crippen LogP contribution >= 0.6 is 0 Å². The number of alkyl halides is 3. The highest BCUT2D eigenvalue weighted by molar-refractivity contribution is 5.04. The van der Waals surface area contributed by atoms with E-state index < -0.39 is 12.6 Å². The van der Waals surface area contributed by atoms with Crippen molar-refractivity contribution in [1.82, 2.24) is 10.2 Å². The Morgan fingerprint density at radius 1 is 1.29 bits per heavy atom. The molecule has 0 bridgehead atoms. The zero-order valence-corrected chi connectivity index (χ0v) is 13.5. The number of nitrogens with one attached hydrogen (secondary N) is 1. The van der Waals surface area contributed by atoms with Crippen LogP contribution in [-0.4, -0.2) is 42.3 Å². The number of rotatable bonds is 6. The molecule has 0 radical (unpaired) electrons. The number of hydrogen-bond acceptors (Lipinski definition) is 2. The van der Waals surface area contributed by atoms with E-state index in [0.29, 0.717) is 24.4 Å². The van der Waals surface area contributed by atoms with E-state index >= 15 is 0 Å².